The van der Waals surface area contributed by atoms with E-state index in [-0.39, 0.29) is 6.61 Å². The Labute approximate surface area is 105 Å². The molecule has 2 aromatic heterocycles. The van der Waals surface area contributed by atoms with Gasteiger partial charge in [0.25, 0.3) is 0 Å². The fourth-order valence-corrected chi connectivity index (χ4v) is 2.28. The average molecular weight is 248 g/mol. The molecule has 0 bridgehead atoms. The first-order chi connectivity index (χ1) is 8.24. The van der Waals surface area contributed by atoms with Crippen molar-refractivity contribution in [2.24, 2.45) is 0 Å². The van der Waals surface area contributed by atoms with Crippen LogP contribution in [0.25, 0.3) is 0 Å². The van der Waals surface area contributed by atoms with Gasteiger partial charge in [-0.2, -0.15) is 0 Å². The van der Waals surface area contributed by atoms with E-state index in [4.69, 9.17) is 0 Å². The van der Waals surface area contributed by atoms with E-state index in [2.05, 4.69) is 21.7 Å². The number of aliphatic hydroxyl groups excluding tert-OH is 1. The molecule has 0 aliphatic heterocycles. The minimum atomic E-state index is -0.446. The van der Waals surface area contributed by atoms with Crippen molar-refractivity contribution >= 4 is 11.3 Å². The summed E-state index contributed by atoms with van der Waals surface area (Å²) >= 11 is 1.71. The van der Waals surface area contributed by atoms with Crippen LogP contribution in [-0.4, -0.2) is 16.7 Å². The first-order valence-electron chi connectivity index (χ1n) is 5.53. The maximum atomic E-state index is 9.58. The van der Waals surface area contributed by atoms with Crippen LogP contribution >= 0.6 is 11.3 Å². The van der Waals surface area contributed by atoms with Crippen LogP contribution in [0.4, 0.5) is 0 Å². The van der Waals surface area contributed by atoms with Crippen LogP contribution in [0.15, 0.2) is 42.0 Å². The second-order valence-electron chi connectivity index (χ2n) is 4.16. The maximum Gasteiger partial charge on any atom is 0.0658 e. The highest BCUT2D eigenvalue weighted by Gasteiger charge is 2.25. The molecular weight excluding hydrogens is 232 g/mol. The molecule has 2 rings (SSSR count). The summed E-state index contributed by atoms with van der Waals surface area (Å²) < 4.78 is 0. The quantitative estimate of drug-likeness (QED) is 0.852. The first-order valence-corrected chi connectivity index (χ1v) is 6.41. The number of rotatable bonds is 5. The van der Waals surface area contributed by atoms with Gasteiger partial charge in [0, 0.05) is 23.8 Å². The molecular formula is C13H16N2OS. The zero-order chi connectivity index (χ0) is 12.1. The third-order valence-corrected chi connectivity index (χ3v) is 3.72. The molecule has 0 aromatic carbocycles. The Morgan fingerprint density at radius 2 is 2.29 bits per heavy atom. The molecule has 0 radical (unpaired) electrons. The summed E-state index contributed by atoms with van der Waals surface area (Å²) in [5.74, 6) is 0. The lowest BCUT2D eigenvalue weighted by molar-refractivity contribution is 0.173. The van der Waals surface area contributed by atoms with Gasteiger partial charge >= 0.3 is 0 Å². The van der Waals surface area contributed by atoms with Crippen LogP contribution in [0.5, 0.6) is 0 Å². The number of hydrogen-bond acceptors (Lipinski definition) is 4. The molecule has 0 saturated heterocycles. The van der Waals surface area contributed by atoms with E-state index in [9.17, 15) is 5.11 Å². The standard InChI is InChI=1S/C13H16N2OS/c1-13(10-16,11-4-2-6-14-8-11)15-9-12-5-3-7-17-12/h2-8,15-16H,9-10H2,1H3. The summed E-state index contributed by atoms with van der Waals surface area (Å²) in [5, 5.41) is 15.0. The molecule has 2 heterocycles. The number of pyridine rings is 1. The summed E-state index contributed by atoms with van der Waals surface area (Å²) in [4.78, 5) is 5.35. The van der Waals surface area contributed by atoms with Crippen LogP contribution in [0.3, 0.4) is 0 Å². The van der Waals surface area contributed by atoms with E-state index >= 15 is 0 Å². The second-order valence-corrected chi connectivity index (χ2v) is 5.20. The van der Waals surface area contributed by atoms with Gasteiger partial charge < -0.3 is 10.4 Å². The van der Waals surface area contributed by atoms with E-state index in [1.165, 1.54) is 4.88 Å². The lowest BCUT2D eigenvalue weighted by atomic mass is 9.94. The molecule has 17 heavy (non-hydrogen) atoms. The smallest absolute Gasteiger partial charge is 0.0658 e. The molecule has 0 spiro atoms. The van der Waals surface area contributed by atoms with E-state index in [1.54, 1.807) is 23.7 Å². The van der Waals surface area contributed by atoms with Crippen molar-refractivity contribution in [2.45, 2.75) is 19.0 Å². The largest absolute Gasteiger partial charge is 0.394 e. The maximum absolute atomic E-state index is 9.58. The molecule has 0 saturated carbocycles. The Bertz CT molecular complexity index is 444. The third-order valence-electron chi connectivity index (χ3n) is 2.85. The lowest BCUT2D eigenvalue weighted by Gasteiger charge is -2.28. The predicted molar refractivity (Wildman–Crippen MR) is 69.8 cm³/mol. The molecule has 0 amide bonds. The van der Waals surface area contributed by atoms with Gasteiger partial charge in [-0.15, -0.1) is 11.3 Å². The number of hydrogen-bond donors (Lipinski definition) is 2. The van der Waals surface area contributed by atoms with Gasteiger partial charge in [0.05, 0.1) is 12.1 Å². The lowest BCUT2D eigenvalue weighted by Crippen LogP contribution is -2.42. The molecule has 2 N–H and O–H groups in total. The Morgan fingerprint density at radius 1 is 1.41 bits per heavy atom. The van der Waals surface area contributed by atoms with Gasteiger partial charge in [-0.1, -0.05) is 12.1 Å². The molecule has 0 fully saturated rings. The van der Waals surface area contributed by atoms with E-state index < -0.39 is 5.54 Å². The number of aromatic nitrogens is 1. The minimum Gasteiger partial charge on any atom is -0.394 e. The van der Waals surface area contributed by atoms with Crippen molar-refractivity contribution in [1.29, 1.82) is 0 Å². The molecule has 90 valence electrons. The second kappa shape index (κ2) is 5.40. The highest BCUT2D eigenvalue weighted by atomic mass is 32.1. The summed E-state index contributed by atoms with van der Waals surface area (Å²) in [5.41, 5.74) is 0.553. The number of nitrogens with zero attached hydrogens (tertiary/aromatic N) is 1. The summed E-state index contributed by atoms with van der Waals surface area (Å²) in [6.07, 6.45) is 3.53. The Morgan fingerprint density at radius 3 is 2.88 bits per heavy atom. The van der Waals surface area contributed by atoms with Crippen LogP contribution in [0.1, 0.15) is 17.4 Å². The summed E-state index contributed by atoms with van der Waals surface area (Å²) in [6, 6.07) is 7.97. The van der Waals surface area contributed by atoms with Crippen molar-refractivity contribution in [3.05, 3.63) is 52.5 Å². The Balaban J connectivity index is 2.09. The van der Waals surface area contributed by atoms with Crippen LogP contribution in [0.2, 0.25) is 0 Å². The molecule has 0 aliphatic rings. The first kappa shape index (κ1) is 12.2. The Kier molecular flexibility index (Phi) is 3.89. The average Bonchev–Trinajstić information content (AvgIpc) is 2.90. The highest BCUT2D eigenvalue weighted by Crippen LogP contribution is 2.20. The van der Waals surface area contributed by atoms with Crippen molar-refractivity contribution in [1.82, 2.24) is 10.3 Å². The monoisotopic (exact) mass is 248 g/mol. The van der Waals surface area contributed by atoms with Crippen molar-refractivity contribution < 1.29 is 5.11 Å². The zero-order valence-corrected chi connectivity index (χ0v) is 10.6. The van der Waals surface area contributed by atoms with Crippen LogP contribution in [0, 0.1) is 0 Å². The molecule has 4 heteroatoms. The molecule has 1 unspecified atom stereocenters. The van der Waals surface area contributed by atoms with E-state index in [1.807, 2.05) is 25.1 Å². The van der Waals surface area contributed by atoms with Crippen molar-refractivity contribution in [2.75, 3.05) is 6.61 Å². The molecule has 1 atom stereocenters. The van der Waals surface area contributed by atoms with E-state index in [0.29, 0.717) is 0 Å². The summed E-state index contributed by atoms with van der Waals surface area (Å²) in [6.45, 7) is 2.78. The van der Waals surface area contributed by atoms with Gasteiger partial charge in [-0.05, 0) is 30.0 Å². The van der Waals surface area contributed by atoms with Crippen LogP contribution < -0.4 is 5.32 Å². The van der Waals surface area contributed by atoms with Gasteiger partial charge in [0.2, 0.25) is 0 Å². The zero-order valence-electron chi connectivity index (χ0n) is 9.76. The normalized spacial score (nSPS) is 14.5. The van der Waals surface area contributed by atoms with Gasteiger partial charge in [0.1, 0.15) is 0 Å². The van der Waals surface area contributed by atoms with Crippen molar-refractivity contribution in [3.63, 3.8) is 0 Å². The van der Waals surface area contributed by atoms with Gasteiger partial charge in [-0.3, -0.25) is 4.98 Å². The SMILES string of the molecule is CC(CO)(NCc1cccs1)c1cccnc1. The predicted octanol–water partition coefficient (Wildman–Crippen LogP) is 2.14. The van der Waals surface area contributed by atoms with Crippen LogP contribution in [-0.2, 0) is 12.1 Å². The number of aliphatic hydroxyl groups is 1. The number of nitrogens with one attached hydrogen (secondary N) is 1. The van der Waals surface area contributed by atoms with Gasteiger partial charge in [0.15, 0.2) is 0 Å². The third kappa shape index (κ3) is 2.91. The highest BCUT2D eigenvalue weighted by molar-refractivity contribution is 7.09. The van der Waals surface area contributed by atoms with Gasteiger partial charge in [-0.25, -0.2) is 0 Å². The fraction of sp³-hybridized carbons (Fsp3) is 0.308. The topological polar surface area (TPSA) is 45.1 Å². The summed E-state index contributed by atoms with van der Waals surface area (Å²) in [7, 11) is 0. The molecule has 2 aromatic rings. The van der Waals surface area contributed by atoms with E-state index in [0.717, 1.165) is 12.1 Å². The minimum absolute atomic E-state index is 0.0457. The number of thiophene rings is 1. The fourth-order valence-electron chi connectivity index (χ4n) is 1.63. The molecule has 3 nitrogen and oxygen atoms in total. The van der Waals surface area contributed by atoms with Crippen molar-refractivity contribution in [3.8, 4) is 0 Å². The molecule has 0 aliphatic carbocycles. The Hall–Kier alpha value is -1.23.